The van der Waals surface area contributed by atoms with E-state index in [-0.39, 0.29) is 0 Å². The minimum Gasteiger partial charge on any atom is -0.352 e. The van der Waals surface area contributed by atoms with Crippen molar-refractivity contribution >= 4 is 6.03 Å². The maximum absolute atomic E-state index is 10.2. The Labute approximate surface area is 61.6 Å². The number of nitrogens with one attached hydrogen (secondary N) is 1. The zero-order chi connectivity index (χ0) is 8.20. The average molecular weight is 146 g/mol. The number of hydrogen-bond donors (Lipinski definition) is 2. The largest absolute Gasteiger partial charge is 0.352 e. The van der Waals surface area contributed by atoms with Crippen LogP contribution in [0, 0.1) is 0 Å². The van der Waals surface area contributed by atoms with Gasteiger partial charge in [-0.05, 0) is 0 Å². The SMILES string of the molecule is C[N+](C)(C)CCNC(N)=O. The molecule has 0 aliphatic rings. The van der Waals surface area contributed by atoms with Gasteiger partial charge in [-0.1, -0.05) is 0 Å². The molecule has 0 unspecified atom stereocenters. The molecule has 2 amide bonds. The summed E-state index contributed by atoms with van der Waals surface area (Å²) in [5, 5.41) is 2.53. The fraction of sp³-hybridized carbons (Fsp3) is 0.833. The van der Waals surface area contributed by atoms with Gasteiger partial charge in [-0.3, -0.25) is 0 Å². The van der Waals surface area contributed by atoms with Crippen LogP contribution in [0.1, 0.15) is 0 Å². The molecule has 4 nitrogen and oxygen atoms in total. The molecule has 0 aromatic rings. The molecule has 0 atom stereocenters. The molecule has 0 aliphatic heterocycles. The predicted octanol–water partition coefficient (Wildman–Crippen LogP) is -0.639. The van der Waals surface area contributed by atoms with Gasteiger partial charge in [-0.15, -0.1) is 0 Å². The van der Waals surface area contributed by atoms with E-state index in [0.717, 1.165) is 11.0 Å². The minimum absolute atomic E-state index is 0.451. The quantitative estimate of drug-likeness (QED) is 0.511. The summed E-state index contributed by atoms with van der Waals surface area (Å²) in [4.78, 5) is 10.2. The van der Waals surface area contributed by atoms with Gasteiger partial charge in [-0.2, -0.15) is 0 Å². The molecule has 60 valence electrons. The Balaban J connectivity index is 3.29. The first-order valence-corrected chi connectivity index (χ1v) is 3.25. The molecule has 4 heteroatoms. The molecule has 0 radical (unpaired) electrons. The maximum Gasteiger partial charge on any atom is 0.312 e. The third-order valence-corrected chi connectivity index (χ3v) is 1.08. The van der Waals surface area contributed by atoms with Crippen LogP contribution < -0.4 is 11.1 Å². The van der Waals surface area contributed by atoms with E-state index in [0.29, 0.717) is 6.54 Å². The Kier molecular flexibility index (Phi) is 3.15. The molecule has 0 saturated carbocycles. The summed E-state index contributed by atoms with van der Waals surface area (Å²) in [6.45, 7) is 1.53. The Morgan fingerprint density at radius 2 is 2.00 bits per heavy atom. The van der Waals surface area contributed by atoms with Crippen LogP contribution in [-0.2, 0) is 0 Å². The number of likely N-dealkylation sites (N-methyl/N-ethyl adjacent to an activating group) is 1. The summed E-state index contributed by atoms with van der Waals surface area (Å²) in [5.74, 6) is 0. The lowest BCUT2D eigenvalue weighted by molar-refractivity contribution is -0.869. The molecular weight excluding hydrogens is 130 g/mol. The van der Waals surface area contributed by atoms with Crippen molar-refractivity contribution in [1.82, 2.24) is 5.32 Å². The van der Waals surface area contributed by atoms with Gasteiger partial charge in [0.15, 0.2) is 0 Å². The molecule has 0 bridgehead atoms. The zero-order valence-electron chi connectivity index (χ0n) is 6.85. The lowest BCUT2D eigenvalue weighted by Crippen LogP contribution is -2.43. The highest BCUT2D eigenvalue weighted by Gasteiger charge is 2.05. The first-order chi connectivity index (χ1) is 4.42. The van der Waals surface area contributed by atoms with Gasteiger partial charge in [0.25, 0.3) is 0 Å². The number of primary amides is 1. The van der Waals surface area contributed by atoms with Crippen LogP contribution in [0.5, 0.6) is 0 Å². The van der Waals surface area contributed by atoms with Gasteiger partial charge >= 0.3 is 6.03 Å². The van der Waals surface area contributed by atoms with Gasteiger partial charge in [0.1, 0.15) is 0 Å². The van der Waals surface area contributed by atoms with E-state index in [1.165, 1.54) is 0 Å². The number of urea groups is 1. The highest BCUT2D eigenvalue weighted by Crippen LogP contribution is 1.85. The number of nitrogens with zero attached hydrogens (tertiary/aromatic N) is 1. The van der Waals surface area contributed by atoms with Gasteiger partial charge < -0.3 is 15.5 Å². The number of carbonyl (C=O) groups excluding carboxylic acids is 1. The molecule has 0 aromatic heterocycles. The van der Waals surface area contributed by atoms with E-state index in [4.69, 9.17) is 5.73 Å². The highest BCUT2D eigenvalue weighted by molar-refractivity contribution is 5.71. The molecule has 0 fully saturated rings. The standard InChI is InChI=1S/C6H15N3O/c1-9(2,3)5-4-8-6(7)10/h4-5H2,1-3H3,(H2-,7,8,10)/p+1. The van der Waals surface area contributed by atoms with Crippen LogP contribution in [-0.4, -0.2) is 44.7 Å². The monoisotopic (exact) mass is 146 g/mol. The Hall–Kier alpha value is -0.770. The summed E-state index contributed by atoms with van der Waals surface area (Å²) in [6, 6.07) is -0.451. The predicted molar refractivity (Wildman–Crippen MR) is 40.5 cm³/mol. The van der Waals surface area contributed by atoms with Crippen LogP contribution in [0.3, 0.4) is 0 Å². The van der Waals surface area contributed by atoms with E-state index in [1.807, 2.05) is 0 Å². The van der Waals surface area contributed by atoms with Crippen LogP contribution in [0.4, 0.5) is 4.79 Å². The van der Waals surface area contributed by atoms with E-state index in [2.05, 4.69) is 26.5 Å². The summed E-state index contributed by atoms with van der Waals surface area (Å²) < 4.78 is 0.834. The van der Waals surface area contributed by atoms with Crippen LogP contribution in [0.2, 0.25) is 0 Å². The number of hydrogen-bond acceptors (Lipinski definition) is 1. The van der Waals surface area contributed by atoms with Crippen molar-refractivity contribution in [3.63, 3.8) is 0 Å². The normalized spacial score (nSPS) is 11.1. The maximum atomic E-state index is 10.2. The average Bonchev–Trinajstić information content (AvgIpc) is 1.59. The van der Waals surface area contributed by atoms with E-state index in [1.54, 1.807) is 0 Å². The van der Waals surface area contributed by atoms with Crippen molar-refractivity contribution < 1.29 is 9.28 Å². The minimum atomic E-state index is -0.451. The molecule has 0 aromatic carbocycles. The van der Waals surface area contributed by atoms with Gasteiger partial charge in [-0.25, -0.2) is 4.79 Å². The van der Waals surface area contributed by atoms with E-state index >= 15 is 0 Å². The van der Waals surface area contributed by atoms with E-state index < -0.39 is 6.03 Å². The molecule has 3 N–H and O–H groups in total. The fourth-order valence-electron chi connectivity index (χ4n) is 0.515. The lowest BCUT2D eigenvalue weighted by atomic mass is 10.5. The number of rotatable bonds is 3. The van der Waals surface area contributed by atoms with Gasteiger partial charge in [0, 0.05) is 0 Å². The Morgan fingerprint density at radius 3 is 2.30 bits per heavy atom. The number of carbonyl (C=O) groups is 1. The molecular formula is C6H16N3O+. The van der Waals surface area contributed by atoms with E-state index in [9.17, 15) is 4.79 Å². The fourth-order valence-corrected chi connectivity index (χ4v) is 0.515. The molecule has 0 aliphatic carbocycles. The molecule has 10 heavy (non-hydrogen) atoms. The van der Waals surface area contributed by atoms with Crippen molar-refractivity contribution in [3.8, 4) is 0 Å². The highest BCUT2D eigenvalue weighted by atomic mass is 16.2. The number of nitrogens with two attached hydrogens (primary N) is 1. The molecule has 0 heterocycles. The smallest absolute Gasteiger partial charge is 0.312 e. The lowest BCUT2D eigenvalue weighted by Gasteiger charge is -2.23. The molecule has 0 saturated heterocycles. The summed E-state index contributed by atoms with van der Waals surface area (Å²) in [5.41, 5.74) is 4.86. The third kappa shape index (κ3) is 7.23. The summed E-state index contributed by atoms with van der Waals surface area (Å²) in [6.07, 6.45) is 0. The second kappa shape index (κ2) is 3.41. The van der Waals surface area contributed by atoms with Crippen molar-refractivity contribution in [1.29, 1.82) is 0 Å². The van der Waals surface area contributed by atoms with Crippen LogP contribution in [0.15, 0.2) is 0 Å². The van der Waals surface area contributed by atoms with Crippen molar-refractivity contribution in [2.75, 3.05) is 34.2 Å². The second-order valence-corrected chi connectivity index (χ2v) is 3.30. The Bertz CT molecular complexity index is 117. The van der Waals surface area contributed by atoms with Crippen LogP contribution in [0.25, 0.3) is 0 Å². The van der Waals surface area contributed by atoms with Gasteiger partial charge in [0.2, 0.25) is 0 Å². The van der Waals surface area contributed by atoms with Crippen molar-refractivity contribution in [2.45, 2.75) is 0 Å². The topological polar surface area (TPSA) is 55.1 Å². The molecule has 0 spiro atoms. The first-order valence-electron chi connectivity index (χ1n) is 3.25. The second-order valence-electron chi connectivity index (χ2n) is 3.30. The molecule has 0 rings (SSSR count). The Morgan fingerprint density at radius 1 is 1.50 bits per heavy atom. The van der Waals surface area contributed by atoms with Crippen molar-refractivity contribution in [3.05, 3.63) is 0 Å². The summed E-state index contributed by atoms with van der Waals surface area (Å²) in [7, 11) is 6.17. The zero-order valence-corrected chi connectivity index (χ0v) is 6.85. The first kappa shape index (κ1) is 9.23. The third-order valence-electron chi connectivity index (χ3n) is 1.08. The van der Waals surface area contributed by atoms with Crippen molar-refractivity contribution in [2.24, 2.45) is 5.73 Å². The number of quaternary nitrogens is 1. The summed E-state index contributed by atoms with van der Waals surface area (Å²) >= 11 is 0. The number of amides is 2. The van der Waals surface area contributed by atoms with Crippen LogP contribution >= 0.6 is 0 Å². The van der Waals surface area contributed by atoms with Gasteiger partial charge in [0.05, 0.1) is 34.2 Å².